The third kappa shape index (κ3) is 4.50. The van der Waals surface area contributed by atoms with Crippen LogP contribution in [0.2, 0.25) is 5.02 Å². The Morgan fingerprint density at radius 3 is 2.53 bits per heavy atom. The maximum Gasteiger partial charge on any atom is 0.298 e. The van der Waals surface area contributed by atoms with E-state index in [1.807, 2.05) is 30.3 Å². The van der Waals surface area contributed by atoms with Gasteiger partial charge in [0.25, 0.3) is 11.1 Å². The normalized spacial score (nSPS) is 15.1. The number of anilines is 1. The lowest BCUT2D eigenvalue weighted by Gasteiger charge is -2.12. The standard InChI is InChI=1S/C23H16ClNO4S/c24-17-9-7-15(8-10-17)14-29-20-6-1-3-16(11-20)12-21-22(27)25(23(28)30-21)18-4-2-5-19(26)13-18/h1-13,26H,14H2. The van der Waals surface area contributed by atoms with Gasteiger partial charge in [0, 0.05) is 11.1 Å². The minimum Gasteiger partial charge on any atom is -0.508 e. The lowest BCUT2D eigenvalue weighted by molar-refractivity contribution is -0.113. The van der Waals surface area contributed by atoms with Gasteiger partial charge < -0.3 is 9.84 Å². The van der Waals surface area contributed by atoms with Gasteiger partial charge in [0.05, 0.1) is 10.6 Å². The second-order valence-electron chi connectivity index (χ2n) is 6.52. The molecule has 1 aliphatic rings. The van der Waals surface area contributed by atoms with Crippen LogP contribution in [0.25, 0.3) is 6.08 Å². The van der Waals surface area contributed by atoms with Crippen LogP contribution in [0.5, 0.6) is 11.5 Å². The van der Waals surface area contributed by atoms with Crippen LogP contribution in [0.4, 0.5) is 10.5 Å². The summed E-state index contributed by atoms with van der Waals surface area (Å²) in [4.78, 5) is 26.5. The monoisotopic (exact) mass is 437 g/mol. The fourth-order valence-electron chi connectivity index (χ4n) is 2.92. The molecule has 0 aromatic heterocycles. The van der Waals surface area contributed by atoms with Gasteiger partial charge in [0.15, 0.2) is 0 Å². The SMILES string of the molecule is O=C1SC(=Cc2cccc(OCc3ccc(Cl)cc3)c2)C(=O)N1c1cccc(O)c1. The van der Waals surface area contributed by atoms with E-state index in [2.05, 4.69) is 0 Å². The van der Waals surface area contributed by atoms with Crippen LogP contribution in [0.1, 0.15) is 11.1 Å². The molecule has 3 aromatic carbocycles. The van der Waals surface area contributed by atoms with Crippen molar-refractivity contribution in [3.63, 3.8) is 0 Å². The first-order valence-corrected chi connectivity index (χ1v) is 10.2. The van der Waals surface area contributed by atoms with Crippen LogP contribution in [0.3, 0.4) is 0 Å². The number of hydrogen-bond acceptors (Lipinski definition) is 5. The summed E-state index contributed by atoms with van der Waals surface area (Å²) in [5.74, 6) is 0.204. The van der Waals surface area contributed by atoms with E-state index in [0.29, 0.717) is 28.0 Å². The zero-order valence-electron chi connectivity index (χ0n) is 15.6. The molecule has 0 radical (unpaired) electrons. The number of carbonyl (C=O) groups excluding carboxylic acids is 2. The van der Waals surface area contributed by atoms with Gasteiger partial charge in [-0.15, -0.1) is 0 Å². The molecule has 1 heterocycles. The highest BCUT2D eigenvalue weighted by atomic mass is 35.5. The zero-order valence-corrected chi connectivity index (χ0v) is 17.2. The van der Waals surface area contributed by atoms with Crippen molar-refractivity contribution in [2.75, 3.05) is 4.90 Å². The number of hydrogen-bond donors (Lipinski definition) is 1. The molecule has 1 fully saturated rings. The van der Waals surface area contributed by atoms with Crippen molar-refractivity contribution >= 4 is 46.3 Å². The summed E-state index contributed by atoms with van der Waals surface area (Å²) in [6.45, 7) is 0.384. The van der Waals surface area contributed by atoms with Crippen LogP contribution in [0.15, 0.2) is 77.7 Å². The highest BCUT2D eigenvalue weighted by Crippen LogP contribution is 2.36. The lowest BCUT2D eigenvalue weighted by atomic mass is 10.2. The van der Waals surface area contributed by atoms with Crippen molar-refractivity contribution in [3.8, 4) is 11.5 Å². The molecule has 0 unspecified atom stereocenters. The van der Waals surface area contributed by atoms with E-state index < -0.39 is 11.1 Å². The summed E-state index contributed by atoms with van der Waals surface area (Å²) < 4.78 is 5.82. The predicted molar refractivity (Wildman–Crippen MR) is 119 cm³/mol. The molecule has 1 saturated heterocycles. The highest BCUT2D eigenvalue weighted by molar-refractivity contribution is 8.19. The van der Waals surface area contributed by atoms with Gasteiger partial charge in [-0.3, -0.25) is 9.59 Å². The Kier molecular flexibility index (Phi) is 5.79. The predicted octanol–water partition coefficient (Wildman–Crippen LogP) is 5.87. The molecule has 1 aliphatic heterocycles. The number of imide groups is 1. The number of thioether (sulfide) groups is 1. The Morgan fingerprint density at radius 1 is 1.00 bits per heavy atom. The average Bonchev–Trinajstić information content (AvgIpc) is 3.01. The number of benzene rings is 3. The largest absolute Gasteiger partial charge is 0.508 e. The third-order valence-electron chi connectivity index (χ3n) is 4.36. The fourth-order valence-corrected chi connectivity index (χ4v) is 3.88. The second-order valence-corrected chi connectivity index (χ2v) is 7.95. The van der Waals surface area contributed by atoms with Gasteiger partial charge in [0.1, 0.15) is 18.1 Å². The second kappa shape index (κ2) is 8.65. The average molecular weight is 438 g/mol. The Hall–Kier alpha value is -3.22. The van der Waals surface area contributed by atoms with Crippen LogP contribution in [0, 0.1) is 0 Å². The van der Waals surface area contributed by atoms with Crippen molar-refractivity contribution in [1.29, 1.82) is 0 Å². The summed E-state index contributed by atoms with van der Waals surface area (Å²) in [5, 5.41) is 9.89. The molecule has 150 valence electrons. The van der Waals surface area contributed by atoms with Gasteiger partial charge in [-0.2, -0.15) is 0 Å². The minimum absolute atomic E-state index is 0.0129. The number of aromatic hydroxyl groups is 1. The number of ether oxygens (including phenoxy) is 1. The smallest absolute Gasteiger partial charge is 0.298 e. The molecule has 5 nitrogen and oxygen atoms in total. The van der Waals surface area contributed by atoms with Gasteiger partial charge in [-0.1, -0.05) is 41.9 Å². The number of nitrogens with zero attached hydrogens (tertiary/aromatic N) is 1. The van der Waals surface area contributed by atoms with Crippen LogP contribution in [-0.2, 0) is 11.4 Å². The van der Waals surface area contributed by atoms with Crippen molar-refractivity contribution in [3.05, 3.63) is 93.9 Å². The number of rotatable bonds is 5. The number of phenols is 1. The minimum atomic E-state index is -0.428. The Morgan fingerprint density at radius 2 is 1.77 bits per heavy atom. The number of amides is 2. The number of halogens is 1. The molecule has 4 rings (SSSR count). The topological polar surface area (TPSA) is 66.8 Å². The van der Waals surface area contributed by atoms with Gasteiger partial charge in [-0.25, -0.2) is 4.90 Å². The molecule has 0 aliphatic carbocycles. The maximum absolute atomic E-state index is 12.7. The van der Waals surface area contributed by atoms with E-state index >= 15 is 0 Å². The van der Waals surface area contributed by atoms with Crippen LogP contribution >= 0.6 is 23.4 Å². The van der Waals surface area contributed by atoms with E-state index in [1.165, 1.54) is 12.1 Å². The van der Waals surface area contributed by atoms with E-state index in [0.717, 1.165) is 27.8 Å². The van der Waals surface area contributed by atoms with Crippen molar-refractivity contribution in [1.82, 2.24) is 0 Å². The number of phenolic OH excluding ortho intramolecular Hbond substituents is 1. The van der Waals surface area contributed by atoms with Gasteiger partial charge in [-0.05, 0) is 65.4 Å². The van der Waals surface area contributed by atoms with Gasteiger partial charge >= 0.3 is 0 Å². The summed E-state index contributed by atoms with van der Waals surface area (Å²) in [7, 11) is 0. The third-order valence-corrected chi connectivity index (χ3v) is 5.48. The molecule has 7 heteroatoms. The fraction of sp³-hybridized carbons (Fsp3) is 0.0435. The summed E-state index contributed by atoms with van der Waals surface area (Å²) in [6, 6.07) is 20.7. The van der Waals surface area contributed by atoms with E-state index in [9.17, 15) is 14.7 Å². The van der Waals surface area contributed by atoms with Crippen molar-refractivity contribution < 1.29 is 19.4 Å². The highest BCUT2D eigenvalue weighted by Gasteiger charge is 2.36. The Bertz CT molecular complexity index is 1140. The molecule has 3 aromatic rings. The Balaban J connectivity index is 1.50. The number of carbonyl (C=O) groups is 2. The molecular weight excluding hydrogens is 422 g/mol. The first-order valence-electron chi connectivity index (χ1n) is 9.04. The van der Waals surface area contributed by atoms with Crippen LogP contribution < -0.4 is 9.64 Å². The van der Waals surface area contributed by atoms with E-state index in [1.54, 1.807) is 36.4 Å². The van der Waals surface area contributed by atoms with E-state index in [-0.39, 0.29) is 5.75 Å². The first kappa shape index (κ1) is 20.1. The summed E-state index contributed by atoms with van der Waals surface area (Å²) >= 11 is 6.75. The molecule has 0 bridgehead atoms. The molecule has 30 heavy (non-hydrogen) atoms. The van der Waals surface area contributed by atoms with Crippen LogP contribution in [-0.4, -0.2) is 16.3 Å². The molecule has 0 spiro atoms. The molecule has 0 atom stereocenters. The molecule has 0 saturated carbocycles. The summed E-state index contributed by atoms with van der Waals surface area (Å²) in [6.07, 6.45) is 1.66. The van der Waals surface area contributed by atoms with E-state index in [4.69, 9.17) is 16.3 Å². The summed E-state index contributed by atoms with van der Waals surface area (Å²) in [5.41, 5.74) is 2.06. The zero-order chi connectivity index (χ0) is 21.1. The Labute approximate surface area is 182 Å². The quantitative estimate of drug-likeness (QED) is 0.506. The molecular formula is C23H16ClNO4S. The van der Waals surface area contributed by atoms with Crippen molar-refractivity contribution in [2.24, 2.45) is 0 Å². The lowest BCUT2D eigenvalue weighted by Crippen LogP contribution is -2.27. The maximum atomic E-state index is 12.7. The molecule has 1 N–H and O–H groups in total. The first-order chi connectivity index (χ1) is 14.5. The van der Waals surface area contributed by atoms with Crippen molar-refractivity contribution in [2.45, 2.75) is 6.61 Å². The molecule has 2 amide bonds. The van der Waals surface area contributed by atoms with Gasteiger partial charge in [0.2, 0.25) is 0 Å².